The van der Waals surface area contributed by atoms with Crippen LogP contribution >= 0.6 is 0 Å². The zero-order valence-electron chi connectivity index (χ0n) is 10.9. The lowest BCUT2D eigenvalue weighted by atomic mass is 10.1. The van der Waals surface area contributed by atoms with Gasteiger partial charge in [-0.05, 0) is 19.2 Å². The van der Waals surface area contributed by atoms with Crippen molar-refractivity contribution in [1.82, 2.24) is 5.32 Å². The van der Waals surface area contributed by atoms with Gasteiger partial charge in [-0.25, -0.2) is 0 Å². The number of methoxy groups -OCH3 is 2. The zero-order chi connectivity index (χ0) is 13.0. The second-order valence-electron chi connectivity index (χ2n) is 4.09. The van der Waals surface area contributed by atoms with E-state index in [2.05, 4.69) is 5.32 Å². The Morgan fingerprint density at radius 1 is 1.17 bits per heavy atom. The minimum atomic E-state index is -0.379. The van der Waals surface area contributed by atoms with Gasteiger partial charge in [0.2, 0.25) is 0 Å². The maximum absolute atomic E-state index is 5.68. The van der Waals surface area contributed by atoms with Gasteiger partial charge in [-0.1, -0.05) is 0 Å². The van der Waals surface area contributed by atoms with E-state index in [9.17, 15) is 0 Å². The molecule has 1 aromatic carbocycles. The van der Waals surface area contributed by atoms with Crippen LogP contribution in [0.15, 0.2) is 18.2 Å². The first-order chi connectivity index (χ1) is 8.78. The number of nitrogens with one attached hydrogen (secondary N) is 1. The first-order valence-electron chi connectivity index (χ1n) is 5.91. The fourth-order valence-corrected chi connectivity index (χ4v) is 1.86. The van der Waals surface area contributed by atoms with Gasteiger partial charge in [0, 0.05) is 11.6 Å². The molecule has 0 amide bonds. The Morgan fingerprint density at radius 3 is 2.44 bits per heavy atom. The summed E-state index contributed by atoms with van der Waals surface area (Å²) in [5.74, 6) is 1.46. The summed E-state index contributed by atoms with van der Waals surface area (Å²) in [7, 11) is 5.14. The molecule has 0 spiro atoms. The molecule has 0 radical (unpaired) electrons. The Kier molecular flexibility index (Phi) is 4.41. The molecule has 100 valence electrons. The molecule has 1 aromatic rings. The second-order valence-corrected chi connectivity index (χ2v) is 4.09. The SMILES string of the molecule is CNC1COC(c2ccc(OC)cc2OC)OC1. The van der Waals surface area contributed by atoms with E-state index in [1.54, 1.807) is 14.2 Å². The van der Waals surface area contributed by atoms with E-state index in [1.807, 2.05) is 25.2 Å². The van der Waals surface area contributed by atoms with Crippen LogP contribution in [-0.4, -0.2) is 40.5 Å². The van der Waals surface area contributed by atoms with Gasteiger partial charge in [0.15, 0.2) is 6.29 Å². The van der Waals surface area contributed by atoms with Crippen molar-refractivity contribution in [2.45, 2.75) is 12.3 Å². The van der Waals surface area contributed by atoms with Crippen LogP contribution in [0.2, 0.25) is 0 Å². The minimum absolute atomic E-state index is 0.241. The maximum atomic E-state index is 5.68. The predicted molar refractivity (Wildman–Crippen MR) is 67.0 cm³/mol. The number of hydrogen-bond acceptors (Lipinski definition) is 5. The highest BCUT2D eigenvalue weighted by molar-refractivity contribution is 5.41. The molecule has 0 atom stereocenters. The molecule has 2 rings (SSSR count). The van der Waals surface area contributed by atoms with Gasteiger partial charge in [0.25, 0.3) is 0 Å². The largest absolute Gasteiger partial charge is 0.497 e. The lowest BCUT2D eigenvalue weighted by Crippen LogP contribution is -2.40. The molecule has 0 bridgehead atoms. The third-order valence-electron chi connectivity index (χ3n) is 3.00. The lowest BCUT2D eigenvalue weighted by Gasteiger charge is -2.30. The van der Waals surface area contributed by atoms with Gasteiger partial charge in [-0.3, -0.25) is 0 Å². The van der Waals surface area contributed by atoms with E-state index in [0.717, 1.165) is 11.3 Å². The lowest BCUT2D eigenvalue weighted by molar-refractivity contribution is -0.194. The Morgan fingerprint density at radius 2 is 1.89 bits per heavy atom. The van der Waals surface area contributed by atoms with Crippen LogP contribution in [0.3, 0.4) is 0 Å². The smallest absolute Gasteiger partial charge is 0.187 e. The van der Waals surface area contributed by atoms with Gasteiger partial charge >= 0.3 is 0 Å². The molecule has 0 unspecified atom stereocenters. The van der Waals surface area contributed by atoms with Gasteiger partial charge < -0.3 is 24.3 Å². The van der Waals surface area contributed by atoms with Crippen molar-refractivity contribution in [3.8, 4) is 11.5 Å². The minimum Gasteiger partial charge on any atom is -0.497 e. The van der Waals surface area contributed by atoms with Crippen LogP contribution in [0.25, 0.3) is 0 Å². The molecule has 1 N–H and O–H groups in total. The highest BCUT2D eigenvalue weighted by Gasteiger charge is 2.25. The molecule has 1 fully saturated rings. The number of hydrogen-bond donors (Lipinski definition) is 1. The van der Waals surface area contributed by atoms with Crippen molar-refractivity contribution in [3.63, 3.8) is 0 Å². The van der Waals surface area contributed by atoms with E-state index in [-0.39, 0.29) is 12.3 Å². The Bertz CT molecular complexity index is 389. The molecule has 0 saturated carbocycles. The van der Waals surface area contributed by atoms with Crippen molar-refractivity contribution in [2.75, 3.05) is 34.5 Å². The van der Waals surface area contributed by atoms with Crippen LogP contribution in [0.5, 0.6) is 11.5 Å². The molecule has 1 aliphatic heterocycles. The quantitative estimate of drug-likeness (QED) is 0.877. The second kappa shape index (κ2) is 6.04. The molecular formula is C13H19NO4. The van der Waals surface area contributed by atoms with E-state index >= 15 is 0 Å². The van der Waals surface area contributed by atoms with Crippen LogP contribution < -0.4 is 14.8 Å². The van der Waals surface area contributed by atoms with E-state index in [0.29, 0.717) is 19.0 Å². The Hall–Kier alpha value is -1.30. The van der Waals surface area contributed by atoms with Gasteiger partial charge in [-0.2, -0.15) is 0 Å². The topological polar surface area (TPSA) is 49.0 Å². The number of ether oxygens (including phenoxy) is 4. The maximum Gasteiger partial charge on any atom is 0.187 e. The number of rotatable bonds is 4. The van der Waals surface area contributed by atoms with Crippen LogP contribution in [0.4, 0.5) is 0 Å². The Labute approximate surface area is 107 Å². The molecule has 5 heteroatoms. The van der Waals surface area contributed by atoms with Crippen LogP contribution in [-0.2, 0) is 9.47 Å². The van der Waals surface area contributed by atoms with Crippen molar-refractivity contribution in [1.29, 1.82) is 0 Å². The zero-order valence-corrected chi connectivity index (χ0v) is 10.9. The van der Waals surface area contributed by atoms with Crippen LogP contribution in [0.1, 0.15) is 11.9 Å². The van der Waals surface area contributed by atoms with Gasteiger partial charge in [0.05, 0.1) is 33.5 Å². The molecule has 0 aromatic heterocycles. The third kappa shape index (κ3) is 2.75. The summed E-state index contributed by atoms with van der Waals surface area (Å²) in [5.41, 5.74) is 0.882. The highest BCUT2D eigenvalue weighted by Crippen LogP contribution is 2.33. The van der Waals surface area contributed by atoms with Gasteiger partial charge in [0.1, 0.15) is 11.5 Å². The number of benzene rings is 1. The summed E-state index contributed by atoms with van der Waals surface area (Å²) in [6.07, 6.45) is -0.379. The predicted octanol–water partition coefficient (Wildman–Crippen LogP) is 1.34. The van der Waals surface area contributed by atoms with E-state index < -0.39 is 0 Å². The Balaban J connectivity index is 2.13. The first kappa shape index (κ1) is 13.1. The third-order valence-corrected chi connectivity index (χ3v) is 3.00. The van der Waals surface area contributed by atoms with Crippen LogP contribution in [0, 0.1) is 0 Å². The average Bonchev–Trinajstić information content (AvgIpc) is 2.46. The van der Waals surface area contributed by atoms with Crippen molar-refractivity contribution >= 4 is 0 Å². The standard InChI is InChI=1S/C13H19NO4/c1-14-9-7-17-13(18-8-9)11-5-4-10(15-2)6-12(11)16-3/h4-6,9,13-14H,7-8H2,1-3H3. The summed E-state index contributed by atoms with van der Waals surface area (Å²) in [4.78, 5) is 0. The van der Waals surface area contributed by atoms with Crippen molar-refractivity contribution < 1.29 is 18.9 Å². The first-order valence-corrected chi connectivity index (χ1v) is 5.91. The fourth-order valence-electron chi connectivity index (χ4n) is 1.86. The van der Waals surface area contributed by atoms with E-state index in [1.165, 1.54) is 0 Å². The van der Waals surface area contributed by atoms with Crippen molar-refractivity contribution in [2.24, 2.45) is 0 Å². The average molecular weight is 253 g/mol. The molecule has 1 heterocycles. The summed E-state index contributed by atoms with van der Waals surface area (Å²) in [5, 5.41) is 3.12. The summed E-state index contributed by atoms with van der Waals surface area (Å²) in [6.45, 7) is 1.24. The van der Waals surface area contributed by atoms with Crippen molar-refractivity contribution in [3.05, 3.63) is 23.8 Å². The summed E-state index contributed by atoms with van der Waals surface area (Å²) >= 11 is 0. The van der Waals surface area contributed by atoms with E-state index in [4.69, 9.17) is 18.9 Å². The summed E-state index contributed by atoms with van der Waals surface area (Å²) < 4.78 is 21.9. The normalized spacial score (nSPS) is 23.7. The molecular weight excluding hydrogens is 234 g/mol. The molecule has 5 nitrogen and oxygen atoms in total. The molecule has 18 heavy (non-hydrogen) atoms. The molecule has 1 saturated heterocycles. The fraction of sp³-hybridized carbons (Fsp3) is 0.538. The molecule has 0 aliphatic carbocycles. The molecule has 1 aliphatic rings. The highest BCUT2D eigenvalue weighted by atomic mass is 16.7. The summed E-state index contributed by atoms with van der Waals surface area (Å²) in [6, 6.07) is 5.84. The number of likely N-dealkylation sites (N-methyl/N-ethyl adjacent to an activating group) is 1. The monoisotopic (exact) mass is 253 g/mol. The van der Waals surface area contributed by atoms with Gasteiger partial charge in [-0.15, -0.1) is 0 Å².